The lowest BCUT2D eigenvalue weighted by molar-refractivity contribution is -0.119. The molecule has 1 atom stereocenters. The number of hydrogen-bond donors (Lipinski definition) is 2. The molecule has 7 nitrogen and oxygen atoms in total. The zero-order chi connectivity index (χ0) is 23.5. The number of amides is 2. The molecule has 1 unspecified atom stereocenters. The molecule has 0 fully saturated rings. The number of nitrogens with one attached hydrogen (secondary N) is 2. The minimum absolute atomic E-state index is 0.175. The molecule has 4 rings (SSSR count). The van der Waals surface area contributed by atoms with E-state index in [1.165, 1.54) is 29.2 Å². The van der Waals surface area contributed by atoms with Gasteiger partial charge >= 0.3 is 0 Å². The van der Waals surface area contributed by atoms with Crippen molar-refractivity contribution in [2.24, 2.45) is 0 Å². The van der Waals surface area contributed by atoms with E-state index >= 15 is 0 Å². The van der Waals surface area contributed by atoms with Crippen molar-refractivity contribution in [3.05, 3.63) is 75.6 Å². The Morgan fingerprint density at radius 3 is 2.30 bits per heavy atom. The van der Waals surface area contributed by atoms with Gasteiger partial charge < -0.3 is 10.6 Å². The van der Waals surface area contributed by atoms with Gasteiger partial charge in [0, 0.05) is 34.3 Å². The Hall–Kier alpha value is -3.49. The van der Waals surface area contributed by atoms with Crippen molar-refractivity contribution >= 4 is 56.3 Å². The summed E-state index contributed by atoms with van der Waals surface area (Å²) in [5, 5.41) is 8.51. The van der Waals surface area contributed by atoms with Crippen LogP contribution in [-0.2, 0) is 9.59 Å². The molecule has 0 aliphatic rings. The van der Waals surface area contributed by atoms with Crippen molar-refractivity contribution < 1.29 is 9.59 Å². The Kier molecular flexibility index (Phi) is 6.57. The molecule has 0 saturated heterocycles. The second kappa shape index (κ2) is 9.56. The molecule has 33 heavy (non-hydrogen) atoms. The van der Waals surface area contributed by atoms with Crippen LogP contribution in [0.2, 0.25) is 5.02 Å². The number of rotatable bonds is 6. The van der Waals surface area contributed by atoms with E-state index in [0.717, 1.165) is 11.1 Å². The largest absolute Gasteiger partial charge is 0.326 e. The summed E-state index contributed by atoms with van der Waals surface area (Å²) in [5.41, 5.74) is 2.55. The first-order valence-corrected chi connectivity index (χ1v) is 11.6. The average molecular weight is 481 g/mol. The zero-order valence-electron chi connectivity index (χ0n) is 18.0. The van der Waals surface area contributed by atoms with E-state index in [1.54, 1.807) is 36.4 Å². The lowest BCUT2D eigenvalue weighted by Crippen LogP contribution is -2.33. The monoisotopic (exact) mass is 480 g/mol. The minimum atomic E-state index is -0.734. The standard InChI is InChI=1S/C24H21ClN4O3S/c1-3-20(22(31)28-18-10-8-17(9-11-18)27-14(2)30)29-13-26-23-21(24(29)32)19(12-33-23)15-4-6-16(25)7-5-15/h4-13,20H,3H2,1-2H3,(H,27,30)(H,28,31). The number of nitrogens with zero attached hydrogens (tertiary/aromatic N) is 2. The third-order valence-corrected chi connectivity index (χ3v) is 6.31. The molecular formula is C24H21ClN4O3S. The van der Waals surface area contributed by atoms with Gasteiger partial charge in [-0.1, -0.05) is 30.7 Å². The lowest BCUT2D eigenvalue weighted by atomic mass is 10.1. The molecule has 2 heterocycles. The highest BCUT2D eigenvalue weighted by atomic mass is 35.5. The van der Waals surface area contributed by atoms with Gasteiger partial charge in [0.25, 0.3) is 5.56 Å². The number of carbonyl (C=O) groups is 2. The van der Waals surface area contributed by atoms with Gasteiger partial charge in [-0.2, -0.15) is 0 Å². The van der Waals surface area contributed by atoms with E-state index in [2.05, 4.69) is 15.6 Å². The second-order valence-electron chi connectivity index (χ2n) is 7.47. The van der Waals surface area contributed by atoms with Gasteiger partial charge in [0.15, 0.2) is 0 Å². The van der Waals surface area contributed by atoms with Crippen LogP contribution in [0.5, 0.6) is 0 Å². The summed E-state index contributed by atoms with van der Waals surface area (Å²) < 4.78 is 1.38. The quantitative estimate of drug-likeness (QED) is 0.390. The van der Waals surface area contributed by atoms with Crippen molar-refractivity contribution in [3.63, 3.8) is 0 Å². The van der Waals surface area contributed by atoms with Crippen LogP contribution in [0.25, 0.3) is 21.3 Å². The van der Waals surface area contributed by atoms with Crippen LogP contribution in [0.3, 0.4) is 0 Å². The molecule has 0 spiro atoms. The van der Waals surface area contributed by atoms with E-state index in [4.69, 9.17) is 11.6 Å². The number of fused-ring (bicyclic) bond motifs is 1. The Morgan fingerprint density at radius 2 is 1.70 bits per heavy atom. The van der Waals surface area contributed by atoms with Crippen LogP contribution in [0.1, 0.15) is 26.3 Å². The molecule has 168 valence electrons. The molecule has 2 aromatic carbocycles. The first-order chi connectivity index (χ1) is 15.9. The average Bonchev–Trinajstić information content (AvgIpc) is 3.22. The number of anilines is 2. The summed E-state index contributed by atoms with van der Waals surface area (Å²) in [5.74, 6) is -0.497. The van der Waals surface area contributed by atoms with Crippen molar-refractivity contribution in [2.75, 3.05) is 10.6 Å². The number of carbonyl (C=O) groups excluding carboxylic acids is 2. The van der Waals surface area contributed by atoms with Crippen molar-refractivity contribution in [1.29, 1.82) is 0 Å². The van der Waals surface area contributed by atoms with E-state index < -0.39 is 6.04 Å². The molecule has 0 saturated carbocycles. The first-order valence-electron chi connectivity index (χ1n) is 10.3. The molecule has 0 radical (unpaired) electrons. The summed E-state index contributed by atoms with van der Waals surface area (Å²) in [6.45, 7) is 3.27. The van der Waals surface area contributed by atoms with Crippen molar-refractivity contribution in [3.8, 4) is 11.1 Å². The maximum Gasteiger partial charge on any atom is 0.263 e. The fourth-order valence-electron chi connectivity index (χ4n) is 3.58. The smallest absolute Gasteiger partial charge is 0.263 e. The van der Waals surface area contributed by atoms with Gasteiger partial charge in [0.1, 0.15) is 10.9 Å². The molecule has 0 bridgehead atoms. The molecule has 2 aromatic heterocycles. The highest BCUT2D eigenvalue weighted by Crippen LogP contribution is 2.31. The van der Waals surface area contributed by atoms with E-state index in [9.17, 15) is 14.4 Å². The molecule has 9 heteroatoms. The summed E-state index contributed by atoms with van der Waals surface area (Å²) in [6.07, 6.45) is 1.84. The Bertz CT molecular complexity index is 1380. The van der Waals surface area contributed by atoms with Gasteiger partial charge in [-0.15, -0.1) is 11.3 Å². The summed E-state index contributed by atoms with van der Waals surface area (Å²) >= 11 is 7.39. The summed E-state index contributed by atoms with van der Waals surface area (Å²) in [6, 6.07) is 13.3. The molecule has 0 aliphatic carbocycles. The Balaban J connectivity index is 1.65. The van der Waals surface area contributed by atoms with Crippen LogP contribution < -0.4 is 16.2 Å². The molecular weight excluding hydrogens is 460 g/mol. The summed E-state index contributed by atoms with van der Waals surface area (Å²) in [4.78, 5) is 42.7. The number of halogens is 1. The second-order valence-corrected chi connectivity index (χ2v) is 8.76. The molecule has 0 aliphatic heterocycles. The van der Waals surface area contributed by atoms with Crippen molar-refractivity contribution in [2.45, 2.75) is 26.3 Å². The molecule has 2 amide bonds. The van der Waals surface area contributed by atoms with Gasteiger partial charge in [-0.3, -0.25) is 19.0 Å². The van der Waals surface area contributed by atoms with Crippen LogP contribution in [0.4, 0.5) is 11.4 Å². The predicted molar refractivity (Wildman–Crippen MR) is 133 cm³/mol. The Morgan fingerprint density at radius 1 is 1.06 bits per heavy atom. The van der Waals surface area contributed by atoms with Crippen LogP contribution in [0, 0.1) is 0 Å². The van der Waals surface area contributed by atoms with Gasteiger partial charge in [0.2, 0.25) is 11.8 Å². The van der Waals surface area contributed by atoms with E-state index in [0.29, 0.717) is 33.0 Å². The molecule has 2 N–H and O–H groups in total. The Labute approximate surface area is 199 Å². The number of thiophene rings is 1. The fraction of sp³-hybridized carbons (Fsp3) is 0.167. The normalized spacial score (nSPS) is 11.8. The molecule has 4 aromatic rings. The number of hydrogen-bond acceptors (Lipinski definition) is 5. The topological polar surface area (TPSA) is 93.1 Å². The maximum atomic E-state index is 13.4. The number of aromatic nitrogens is 2. The zero-order valence-corrected chi connectivity index (χ0v) is 19.5. The third-order valence-electron chi connectivity index (χ3n) is 5.17. The van der Waals surface area contributed by atoms with Gasteiger partial charge in [-0.25, -0.2) is 4.98 Å². The predicted octanol–water partition coefficient (Wildman–Crippen LogP) is 5.33. The highest BCUT2D eigenvalue weighted by Gasteiger charge is 2.23. The van der Waals surface area contributed by atoms with E-state index in [1.807, 2.05) is 24.4 Å². The van der Waals surface area contributed by atoms with Crippen LogP contribution in [0.15, 0.2) is 65.0 Å². The SMILES string of the molecule is CCC(C(=O)Nc1ccc(NC(C)=O)cc1)n1cnc2scc(-c3ccc(Cl)cc3)c2c1=O. The van der Waals surface area contributed by atoms with Gasteiger partial charge in [-0.05, 0) is 48.4 Å². The fourth-order valence-corrected chi connectivity index (χ4v) is 4.62. The highest BCUT2D eigenvalue weighted by molar-refractivity contribution is 7.17. The summed E-state index contributed by atoms with van der Waals surface area (Å²) in [7, 11) is 0. The lowest BCUT2D eigenvalue weighted by Gasteiger charge is -2.18. The number of benzene rings is 2. The van der Waals surface area contributed by atoms with Gasteiger partial charge in [0.05, 0.1) is 11.7 Å². The van der Waals surface area contributed by atoms with Crippen LogP contribution in [-0.4, -0.2) is 21.4 Å². The first kappa shape index (κ1) is 22.7. The third kappa shape index (κ3) is 4.81. The minimum Gasteiger partial charge on any atom is -0.326 e. The van der Waals surface area contributed by atoms with E-state index in [-0.39, 0.29) is 17.4 Å². The van der Waals surface area contributed by atoms with Crippen LogP contribution >= 0.6 is 22.9 Å². The maximum absolute atomic E-state index is 13.4. The van der Waals surface area contributed by atoms with Crippen molar-refractivity contribution in [1.82, 2.24) is 9.55 Å².